The zero-order valence-corrected chi connectivity index (χ0v) is 9.55. The van der Waals surface area contributed by atoms with E-state index < -0.39 is 0 Å². The maximum absolute atomic E-state index is 5.84. The average molecular weight is 215 g/mol. The van der Waals surface area contributed by atoms with Gasteiger partial charge in [0.2, 0.25) is 0 Å². The van der Waals surface area contributed by atoms with Gasteiger partial charge >= 0.3 is 0 Å². The van der Waals surface area contributed by atoms with Gasteiger partial charge in [-0.15, -0.1) is 12.4 Å². The number of benzene rings is 1. The van der Waals surface area contributed by atoms with Crippen LogP contribution in [0.4, 0.5) is 0 Å². The van der Waals surface area contributed by atoms with Crippen molar-refractivity contribution in [3.8, 4) is 0 Å². The number of hydrogen-bond donors (Lipinski definition) is 2. The lowest BCUT2D eigenvalue weighted by atomic mass is 9.98. The largest absolute Gasteiger partial charge is 0.329 e. The van der Waals surface area contributed by atoms with Crippen molar-refractivity contribution in [2.24, 2.45) is 11.5 Å². The van der Waals surface area contributed by atoms with Gasteiger partial charge in [-0.25, -0.2) is 0 Å². The van der Waals surface area contributed by atoms with Crippen LogP contribution in [0, 0.1) is 0 Å². The van der Waals surface area contributed by atoms with E-state index in [2.05, 4.69) is 26.0 Å². The average Bonchev–Trinajstić information content (AvgIpc) is 2.17. The molecule has 0 aliphatic heterocycles. The zero-order chi connectivity index (χ0) is 9.84. The van der Waals surface area contributed by atoms with Crippen molar-refractivity contribution in [2.45, 2.75) is 25.8 Å². The summed E-state index contributed by atoms with van der Waals surface area (Å²) in [6.07, 6.45) is 0. The van der Waals surface area contributed by atoms with Crippen LogP contribution in [0.25, 0.3) is 0 Å². The standard InChI is InChI=1S/C11H18N2.ClH/c1-8(2)9-4-3-5-10(6-9)11(13)7-12;/h3-6,8,11H,7,12-13H2,1-2H3;1H/t11-;/m0./s1. The lowest BCUT2D eigenvalue weighted by Crippen LogP contribution is -2.20. The van der Waals surface area contributed by atoms with Gasteiger partial charge < -0.3 is 11.5 Å². The first-order valence-corrected chi connectivity index (χ1v) is 4.70. The zero-order valence-electron chi connectivity index (χ0n) is 8.73. The van der Waals surface area contributed by atoms with Crippen LogP contribution in [0.3, 0.4) is 0 Å². The van der Waals surface area contributed by atoms with Crippen LogP contribution in [0.2, 0.25) is 0 Å². The van der Waals surface area contributed by atoms with Gasteiger partial charge in [-0.3, -0.25) is 0 Å². The summed E-state index contributed by atoms with van der Waals surface area (Å²) in [6, 6.07) is 8.31. The highest BCUT2D eigenvalue weighted by Gasteiger charge is 2.05. The van der Waals surface area contributed by atoms with E-state index in [1.807, 2.05) is 12.1 Å². The van der Waals surface area contributed by atoms with Crippen molar-refractivity contribution < 1.29 is 0 Å². The number of halogens is 1. The Morgan fingerprint density at radius 1 is 1.21 bits per heavy atom. The van der Waals surface area contributed by atoms with Gasteiger partial charge in [0, 0.05) is 12.6 Å². The molecule has 0 aliphatic rings. The van der Waals surface area contributed by atoms with Crippen molar-refractivity contribution in [1.82, 2.24) is 0 Å². The highest BCUT2D eigenvalue weighted by molar-refractivity contribution is 5.85. The Balaban J connectivity index is 0.00000169. The summed E-state index contributed by atoms with van der Waals surface area (Å²) in [5, 5.41) is 0. The Bertz CT molecular complexity index is 274. The van der Waals surface area contributed by atoms with Crippen LogP contribution >= 0.6 is 12.4 Å². The van der Waals surface area contributed by atoms with Crippen molar-refractivity contribution in [3.63, 3.8) is 0 Å². The minimum absolute atomic E-state index is 0. The van der Waals surface area contributed by atoms with Crippen molar-refractivity contribution >= 4 is 12.4 Å². The second kappa shape index (κ2) is 6.02. The summed E-state index contributed by atoms with van der Waals surface area (Å²) in [5.41, 5.74) is 13.8. The SMILES string of the molecule is CC(C)c1cccc([C@@H](N)CN)c1.Cl. The first-order valence-electron chi connectivity index (χ1n) is 4.70. The molecule has 0 amide bonds. The van der Waals surface area contributed by atoms with Crippen LogP contribution in [-0.4, -0.2) is 6.54 Å². The Morgan fingerprint density at radius 3 is 2.29 bits per heavy atom. The van der Waals surface area contributed by atoms with Gasteiger partial charge in [-0.1, -0.05) is 38.1 Å². The fraction of sp³-hybridized carbons (Fsp3) is 0.455. The first kappa shape index (κ1) is 13.4. The third-order valence-corrected chi connectivity index (χ3v) is 2.26. The van der Waals surface area contributed by atoms with Crippen LogP contribution in [0.5, 0.6) is 0 Å². The molecule has 1 rings (SSSR count). The molecule has 0 unspecified atom stereocenters. The first-order chi connectivity index (χ1) is 6.15. The number of rotatable bonds is 3. The van der Waals surface area contributed by atoms with Gasteiger partial charge in [-0.05, 0) is 17.0 Å². The molecule has 80 valence electrons. The van der Waals surface area contributed by atoms with Crippen LogP contribution in [0.15, 0.2) is 24.3 Å². The summed E-state index contributed by atoms with van der Waals surface area (Å²) < 4.78 is 0. The maximum atomic E-state index is 5.84. The van der Waals surface area contributed by atoms with Gasteiger partial charge in [0.1, 0.15) is 0 Å². The minimum atomic E-state index is -0.0290. The third-order valence-electron chi connectivity index (χ3n) is 2.26. The van der Waals surface area contributed by atoms with Crippen LogP contribution < -0.4 is 11.5 Å². The van der Waals surface area contributed by atoms with Gasteiger partial charge in [0.05, 0.1) is 0 Å². The predicted molar refractivity (Wildman–Crippen MR) is 63.8 cm³/mol. The quantitative estimate of drug-likeness (QED) is 0.811. The Labute approximate surface area is 92.1 Å². The van der Waals surface area contributed by atoms with E-state index in [0.29, 0.717) is 12.5 Å². The molecule has 0 heterocycles. The van der Waals surface area contributed by atoms with E-state index in [9.17, 15) is 0 Å². The fourth-order valence-electron chi connectivity index (χ4n) is 1.28. The topological polar surface area (TPSA) is 52.0 Å². The van der Waals surface area contributed by atoms with E-state index in [1.54, 1.807) is 0 Å². The minimum Gasteiger partial charge on any atom is -0.329 e. The molecule has 0 spiro atoms. The maximum Gasteiger partial charge on any atom is 0.0419 e. The molecule has 2 nitrogen and oxygen atoms in total. The summed E-state index contributed by atoms with van der Waals surface area (Å²) in [6.45, 7) is 4.85. The van der Waals surface area contributed by atoms with E-state index >= 15 is 0 Å². The Hall–Kier alpha value is -0.570. The Morgan fingerprint density at radius 2 is 1.79 bits per heavy atom. The second-order valence-electron chi connectivity index (χ2n) is 3.67. The second-order valence-corrected chi connectivity index (χ2v) is 3.67. The fourth-order valence-corrected chi connectivity index (χ4v) is 1.28. The summed E-state index contributed by atoms with van der Waals surface area (Å²) >= 11 is 0. The lowest BCUT2D eigenvalue weighted by Gasteiger charge is -2.12. The molecule has 0 aliphatic carbocycles. The summed E-state index contributed by atoms with van der Waals surface area (Å²) in [4.78, 5) is 0. The summed E-state index contributed by atoms with van der Waals surface area (Å²) in [7, 11) is 0. The molecule has 0 aromatic heterocycles. The molecule has 3 heteroatoms. The smallest absolute Gasteiger partial charge is 0.0419 e. The molecule has 1 aromatic carbocycles. The molecule has 0 saturated heterocycles. The van der Waals surface area contributed by atoms with Gasteiger partial charge in [-0.2, -0.15) is 0 Å². The molecular formula is C11H19ClN2. The highest BCUT2D eigenvalue weighted by Crippen LogP contribution is 2.18. The Kier molecular flexibility index (Phi) is 5.77. The molecule has 0 bridgehead atoms. The molecule has 0 fully saturated rings. The molecule has 0 radical (unpaired) electrons. The molecule has 4 N–H and O–H groups in total. The predicted octanol–water partition coefficient (Wildman–Crippen LogP) is 2.19. The lowest BCUT2D eigenvalue weighted by molar-refractivity contribution is 0.732. The van der Waals surface area contributed by atoms with Crippen LogP contribution in [0.1, 0.15) is 36.9 Å². The van der Waals surface area contributed by atoms with E-state index in [-0.39, 0.29) is 18.4 Å². The van der Waals surface area contributed by atoms with Crippen molar-refractivity contribution in [1.29, 1.82) is 0 Å². The van der Waals surface area contributed by atoms with E-state index in [1.165, 1.54) is 5.56 Å². The third kappa shape index (κ3) is 3.29. The van der Waals surface area contributed by atoms with Crippen molar-refractivity contribution in [3.05, 3.63) is 35.4 Å². The normalized spacial score (nSPS) is 12.4. The molecule has 0 saturated carbocycles. The highest BCUT2D eigenvalue weighted by atomic mass is 35.5. The van der Waals surface area contributed by atoms with Crippen molar-refractivity contribution in [2.75, 3.05) is 6.54 Å². The summed E-state index contributed by atoms with van der Waals surface area (Å²) in [5.74, 6) is 0.546. The van der Waals surface area contributed by atoms with Gasteiger partial charge in [0.25, 0.3) is 0 Å². The van der Waals surface area contributed by atoms with E-state index in [4.69, 9.17) is 11.5 Å². The molecule has 1 aromatic rings. The monoisotopic (exact) mass is 214 g/mol. The molecular weight excluding hydrogens is 196 g/mol. The molecule has 1 atom stereocenters. The molecule has 14 heavy (non-hydrogen) atoms. The van der Waals surface area contributed by atoms with E-state index in [0.717, 1.165) is 5.56 Å². The number of hydrogen-bond acceptors (Lipinski definition) is 2. The van der Waals surface area contributed by atoms with Gasteiger partial charge in [0.15, 0.2) is 0 Å². The van der Waals surface area contributed by atoms with Crippen LogP contribution in [-0.2, 0) is 0 Å². The number of nitrogens with two attached hydrogens (primary N) is 2.